The number of carbonyl (C=O) groups excluding carboxylic acids is 1. The summed E-state index contributed by atoms with van der Waals surface area (Å²) in [5, 5.41) is 0. The van der Waals surface area contributed by atoms with Crippen molar-refractivity contribution < 1.29 is 4.79 Å². The van der Waals surface area contributed by atoms with Crippen LogP contribution < -0.4 is 0 Å². The van der Waals surface area contributed by atoms with E-state index in [-0.39, 0.29) is 5.54 Å². The molecule has 3 heterocycles. The lowest BCUT2D eigenvalue weighted by Crippen LogP contribution is -2.48. The average molecular weight is 261 g/mol. The maximum atomic E-state index is 12.1. The molecule has 0 saturated carbocycles. The molecule has 2 aliphatic heterocycles. The van der Waals surface area contributed by atoms with Gasteiger partial charge in [-0.15, -0.1) is 0 Å². The number of hydrogen-bond donors (Lipinski definition) is 1. The molecular formula is C15H23N3O. The Morgan fingerprint density at radius 3 is 3.11 bits per heavy atom. The van der Waals surface area contributed by atoms with E-state index in [4.69, 9.17) is 0 Å². The fourth-order valence-electron chi connectivity index (χ4n) is 3.77. The van der Waals surface area contributed by atoms with Gasteiger partial charge in [-0.2, -0.15) is 0 Å². The molecule has 1 fully saturated rings. The van der Waals surface area contributed by atoms with Gasteiger partial charge >= 0.3 is 0 Å². The van der Waals surface area contributed by atoms with Gasteiger partial charge in [0.25, 0.3) is 0 Å². The molecule has 104 valence electrons. The van der Waals surface area contributed by atoms with Crippen molar-refractivity contribution in [2.24, 2.45) is 0 Å². The van der Waals surface area contributed by atoms with Gasteiger partial charge in [0.1, 0.15) is 0 Å². The van der Waals surface area contributed by atoms with E-state index in [9.17, 15) is 4.79 Å². The lowest BCUT2D eigenvalue weighted by Gasteiger charge is -2.41. The summed E-state index contributed by atoms with van der Waals surface area (Å²) in [6, 6.07) is 0. The summed E-state index contributed by atoms with van der Waals surface area (Å²) >= 11 is 0. The van der Waals surface area contributed by atoms with E-state index in [1.54, 1.807) is 6.33 Å². The Morgan fingerprint density at radius 2 is 2.26 bits per heavy atom. The Morgan fingerprint density at radius 1 is 1.37 bits per heavy atom. The number of amides is 1. The first kappa shape index (κ1) is 12.7. The molecular weight excluding hydrogens is 238 g/mol. The maximum Gasteiger partial charge on any atom is 0.223 e. The number of H-pyrrole nitrogens is 1. The maximum absolute atomic E-state index is 12.1. The molecule has 2 aliphatic rings. The molecule has 4 nitrogen and oxygen atoms in total. The van der Waals surface area contributed by atoms with E-state index < -0.39 is 0 Å². The first-order chi connectivity index (χ1) is 9.28. The van der Waals surface area contributed by atoms with Crippen LogP contribution in [-0.2, 0) is 16.8 Å². The summed E-state index contributed by atoms with van der Waals surface area (Å²) in [7, 11) is 0. The summed E-state index contributed by atoms with van der Waals surface area (Å²) in [6.07, 6.45) is 10.5. The number of unbranched alkanes of at least 4 members (excludes halogenated alkanes) is 3. The molecule has 0 aliphatic carbocycles. The molecule has 1 aromatic rings. The molecule has 19 heavy (non-hydrogen) atoms. The van der Waals surface area contributed by atoms with Gasteiger partial charge in [0.15, 0.2) is 0 Å². The van der Waals surface area contributed by atoms with Gasteiger partial charge in [-0.05, 0) is 12.8 Å². The van der Waals surface area contributed by atoms with Gasteiger partial charge in [0.05, 0.1) is 17.6 Å². The number of aromatic nitrogens is 2. The fourth-order valence-corrected chi connectivity index (χ4v) is 3.77. The zero-order valence-corrected chi connectivity index (χ0v) is 11.7. The summed E-state index contributed by atoms with van der Waals surface area (Å²) in [5.74, 6) is 0.323. The predicted molar refractivity (Wildman–Crippen MR) is 73.7 cm³/mol. The van der Waals surface area contributed by atoms with E-state index in [2.05, 4.69) is 21.8 Å². The zero-order chi connectivity index (χ0) is 13.3. The molecule has 4 heteroatoms. The van der Waals surface area contributed by atoms with Crippen molar-refractivity contribution in [3.63, 3.8) is 0 Å². The first-order valence-electron chi connectivity index (χ1n) is 7.61. The second-order valence-electron chi connectivity index (χ2n) is 5.87. The molecule has 1 amide bonds. The summed E-state index contributed by atoms with van der Waals surface area (Å²) in [6.45, 7) is 3.10. The summed E-state index contributed by atoms with van der Waals surface area (Å²) < 4.78 is 0. The molecule has 1 aromatic heterocycles. The van der Waals surface area contributed by atoms with Crippen molar-refractivity contribution in [1.29, 1.82) is 0 Å². The number of imidazole rings is 1. The normalized spacial score (nSPS) is 25.5. The van der Waals surface area contributed by atoms with E-state index in [0.29, 0.717) is 12.3 Å². The van der Waals surface area contributed by atoms with Gasteiger partial charge in [0, 0.05) is 25.1 Å². The third-order valence-electron chi connectivity index (χ3n) is 4.76. The van der Waals surface area contributed by atoms with E-state index >= 15 is 0 Å². The zero-order valence-electron chi connectivity index (χ0n) is 11.7. The highest BCUT2D eigenvalue weighted by Crippen LogP contribution is 2.46. The molecule has 1 unspecified atom stereocenters. The van der Waals surface area contributed by atoms with E-state index in [0.717, 1.165) is 31.5 Å². The van der Waals surface area contributed by atoms with Gasteiger partial charge in [-0.3, -0.25) is 4.79 Å². The van der Waals surface area contributed by atoms with Gasteiger partial charge in [-0.25, -0.2) is 4.98 Å². The number of rotatable bonds is 5. The smallest absolute Gasteiger partial charge is 0.223 e. The van der Waals surface area contributed by atoms with Crippen LogP contribution in [0.15, 0.2) is 6.33 Å². The molecule has 0 radical (unpaired) electrons. The van der Waals surface area contributed by atoms with Gasteiger partial charge in [-0.1, -0.05) is 32.6 Å². The summed E-state index contributed by atoms with van der Waals surface area (Å²) in [5.41, 5.74) is 2.32. The Hall–Kier alpha value is -1.32. The molecule has 3 rings (SSSR count). The van der Waals surface area contributed by atoms with Crippen LogP contribution in [-0.4, -0.2) is 27.3 Å². The third-order valence-corrected chi connectivity index (χ3v) is 4.76. The second kappa shape index (κ2) is 4.99. The highest BCUT2D eigenvalue weighted by atomic mass is 16.2. The van der Waals surface area contributed by atoms with Gasteiger partial charge < -0.3 is 9.88 Å². The second-order valence-corrected chi connectivity index (χ2v) is 5.87. The molecule has 0 aromatic carbocycles. The molecule has 1 atom stereocenters. The van der Waals surface area contributed by atoms with Gasteiger partial charge in [0.2, 0.25) is 5.91 Å². The van der Waals surface area contributed by atoms with Crippen molar-refractivity contribution in [1.82, 2.24) is 14.9 Å². The Labute approximate surface area is 114 Å². The monoisotopic (exact) mass is 261 g/mol. The molecule has 1 saturated heterocycles. The van der Waals surface area contributed by atoms with Crippen LogP contribution in [0, 0.1) is 0 Å². The van der Waals surface area contributed by atoms with Crippen LogP contribution >= 0.6 is 0 Å². The van der Waals surface area contributed by atoms with E-state index in [1.807, 2.05) is 0 Å². The predicted octanol–water partition coefficient (Wildman–Crippen LogP) is 2.75. The highest BCUT2D eigenvalue weighted by Gasteiger charge is 2.50. The fraction of sp³-hybridized carbons (Fsp3) is 0.733. The highest BCUT2D eigenvalue weighted by molar-refractivity contribution is 5.80. The minimum atomic E-state index is -0.0849. The van der Waals surface area contributed by atoms with Crippen molar-refractivity contribution in [3.8, 4) is 0 Å². The SMILES string of the molecule is CCCCCCC12CCC(=O)N1CCc1[nH]cnc12. The topological polar surface area (TPSA) is 49.0 Å². The van der Waals surface area contributed by atoms with Crippen LogP contribution in [0.5, 0.6) is 0 Å². The number of fused-ring (bicyclic) bond motifs is 3. The van der Waals surface area contributed by atoms with Crippen molar-refractivity contribution in [2.75, 3.05) is 6.54 Å². The van der Waals surface area contributed by atoms with E-state index in [1.165, 1.54) is 31.4 Å². The number of nitrogens with zero attached hydrogens (tertiary/aromatic N) is 2. The number of hydrogen-bond acceptors (Lipinski definition) is 2. The first-order valence-corrected chi connectivity index (χ1v) is 7.61. The van der Waals surface area contributed by atoms with Crippen LogP contribution in [0.1, 0.15) is 63.3 Å². The third kappa shape index (κ3) is 1.97. The van der Waals surface area contributed by atoms with Crippen molar-refractivity contribution >= 4 is 5.91 Å². The Balaban J connectivity index is 1.84. The van der Waals surface area contributed by atoms with Crippen molar-refractivity contribution in [2.45, 2.75) is 63.8 Å². The van der Waals surface area contributed by atoms with Crippen LogP contribution in [0.4, 0.5) is 0 Å². The molecule has 0 spiro atoms. The summed E-state index contributed by atoms with van der Waals surface area (Å²) in [4.78, 5) is 22.1. The standard InChI is InChI=1S/C15H23N3O/c1-2-3-4-5-8-15-9-6-13(19)18(15)10-7-12-14(15)17-11-16-12/h11H,2-10H2,1H3,(H,16,17). The minimum absolute atomic E-state index is 0.0849. The van der Waals surface area contributed by atoms with Crippen LogP contribution in [0.3, 0.4) is 0 Å². The molecule has 0 bridgehead atoms. The Bertz CT molecular complexity index is 468. The lowest BCUT2D eigenvalue weighted by molar-refractivity contribution is -0.132. The Kier molecular flexibility index (Phi) is 3.33. The number of aromatic amines is 1. The average Bonchev–Trinajstić information content (AvgIpc) is 3.01. The molecule has 1 N–H and O–H groups in total. The number of nitrogens with one attached hydrogen (secondary N) is 1. The lowest BCUT2D eigenvalue weighted by atomic mass is 9.82. The number of carbonyl (C=O) groups is 1. The minimum Gasteiger partial charge on any atom is -0.348 e. The van der Waals surface area contributed by atoms with Crippen molar-refractivity contribution in [3.05, 3.63) is 17.7 Å². The quantitative estimate of drug-likeness (QED) is 0.829. The largest absolute Gasteiger partial charge is 0.348 e. The van der Waals surface area contributed by atoms with Crippen LogP contribution in [0.25, 0.3) is 0 Å². The van der Waals surface area contributed by atoms with Crippen LogP contribution in [0.2, 0.25) is 0 Å².